The lowest BCUT2D eigenvalue weighted by Crippen LogP contribution is -2.60. The van der Waals surface area contributed by atoms with Crippen molar-refractivity contribution in [3.63, 3.8) is 0 Å². The van der Waals surface area contributed by atoms with E-state index in [0.29, 0.717) is 19.4 Å². The molecule has 1 saturated heterocycles. The Morgan fingerprint density at radius 3 is 1.57 bits per heavy atom. The van der Waals surface area contributed by atoms with Gasteiger partial charge in [0, 0.05) is 12.8 Å². The molecule has 0 aromatic heterocycles. The lowest BCUT2D eigenvalue weighted by atomic mass is 9.99. The Bertz CT molecular complexity index is 1330. The average Bonchev–Trinajstić information content (AvgIpc) is 3.34. The van der Waals surface area contributed by atoms with Crippen molar-refractivity contribution in [1.82, 2.24) is 5.32 Å². The van der Waals surface area contributed by atoms with E-state index in [-0.39, 0.29) is 18.5 Å². The van der Waals surface area contributed by atoms with Crippen LogP contribution in [0.4, 0.5) is 0 Å². The quantitative estimate of drug-likeness (QED) is 0.0196. The number of carbonyl (C=O) groups excluding carboxylic acids is 2. The zero-order valence-corrected chi connectivity index (χ0v) is 43.8. The predicted molar refractivity (Wildman–Crippen MR) is 283 cm³/mol. The summed E-state index contributed by atoms with van der Waals surface area (Å²) in [6.45, 7) is 4.21. The molecule has 7 atom stereocenters. The highest BCUT2D eigenvalue weighted by Gasteiger charge is 2.44. The van der Waals surface area contributed by atoms with E-state index in [2.05, 4.69) is 67.8 Å². The molecule has 1 rings (SSSR count). The second-order valence-corrected chi connectivity index (χ2v) is 19.3. The van der Waals surface area contributed by atoms with Crippen molar-refractivity contribution in [3.8, 4) is 0 Å². The number of rotatable bonds is 47. The van der Waals surface area contributed by atoms with Crippen LogP contribution in [0.2, 0.25) is 0 Å². The molecule has 0 bridgehead atoms. The fraction of sp³-hybridized carbons (Fsp3) is 0.793. The predicted octanol–water partition coefficient (Wildman–Crippen LogP) is 12.3. The van der Waals surface area contributed by atoms with Crippen molar-refractivity contribution in [2.75, 3.05) is 19.8 Å². The van der Waals surface area contributed by atoms with Gasteiger partial charge in [-0.3, -0.25) is 9.59 Å². The number of unbranched alkanes of at least 4 members (excludes halogenated alkanes) is 25. The number of allylic oxidation sites excluding steroid dienone is 9. The minimum absolute atomic E-state index is 0.0451. The monoisotopic (exact) mass is 974 g/mol. The van der Waals surface area contributed by atoms with Crippen LogP contribution in [-0.4, -0.2) is 100 Å². The van der Waals surface area contributed by atoms with Gasteiger partial charge in [0.05, 0.1) is 32.0 Å². The largest absolute Gasteiger partial charge is 0.466 e. The molecule has 400 valence electrons. The molecular formula is C58H103NO10. The Morgan fingerprint density at radius 1 is 0.536 bits per heavy atom. The summed E-state index contributed by atoms with van der Waals surface area (Å²) in [4.78, 5) is 25.0. The molecule has 1 aliphatic rings. The summed E-state index contributed by atoms with van der Waals surface area (Å²) in [6, 6.07) is -0.841. The first-order chi connectivity index (χ1) is 33.7. The zero-order chi connectivity index (χ0) is 50.3. The smallest absolute Gasteiger partial charge is 0.305 e. The number of esters is 1. The lowest BCUT2D eigenvalue weighted by molar-refractivity contribution is -0.302. The van der Waals surface area contributed by atoms with E-state index in [9.17, 15) is 35.1 Å². The number of amides is 1. The molecule has 11 heteroatoms. The number of ether oxygens (including phenoxy) is 3. The highest BCUT2D eigenvalue weighted by atomic mass is 16.7. The minimum Gasteiger partial charge on any atom is -0.466 e. The molecule has 11 nitrogen and oxygen atoms in total. The summed E-state index contributed by atoms with van der Waals surface area (Å²) in [5.74, 6) is -0.255. The van der Waals surface area contributed by atoms with Crippen molar-refractivity contribution in [3.05, 3.63) is 60.8 Å². The van der Waals surface area contributed by atoms with Gasteiger partial charge in [0.25, 0.3) is 0 Å². The highest BCUT2D eigenvalue weighted by molar-refractivity contribution is 5.76. The summed E-state index contributed by atoms with van der Waals surface area (Å²) < 4.78 is 16.6. The van der Waals surface area contributed by atoms with Crippen LogP contribution in [0.25, 0.3) is 0 Å². The van der Waals surface area contributed by atoms with Gasteiger partial charge in [-0.2, -0.15) is 0 Å². The Labute approximate surface area is 420 Å². The molecule has 1 heterocycles. The Kier molecular flexibility index (Phi) is 44.5. The standard InChI is InChI=1S/C58H103NO10/c1-3-5-7-9-11-13-15-21-25-28-32-36-40-44-51(61)50(49-68-58-57(66)56(65)55(64)52(48-60)69-58)59-53(62)45-41-37-33-29-26-22-19-17-16-18-20-23-27-31-35-39-43-47-67-54(63)46-42-38-34-30-24-14-12-10-8-6-4-2/h10,12,16,18,23,25,27-28,40,44,50-52,55-58,60-61,64-66H,3-9,11,13-15,17,19-22,24,26,29-39,41-43,45-49H2,1-2H3,(H,59,62)/b12-10-,18-16-,27-23-,28-25+,44-40+. The van der Waals surface area contributed by atoms with E-state index >= 15 is 0 Å². The maximum atomic E-state index is 13.0. The van der Waals surface area contributed by atoms with Crippen LogP contribution in [0.15, 0.2) is 60.8 Å². The van der Waals surface area contributed by atoms with Crippen LogP contribution in [0.5, 0.6) is 0 Å². The third-order valence-corrected chi connectivity index (χ3v) is 12.8. The summed E-state index contributed by atoms with van der Waals surface area (Å²) in [5, 5.41) is 54.3. The molecule has 6 N–H and O–H groups in total. The normalized spacial score (nSPS) is 19.8. The molecule has 0 aromatic carbocycles. The van der Waals surface area contributed by atoms with Crippen LogP contribution in [0.1, 0.15) is 232 Å². The van der Waals surface area contributed by atoms with Gasteiger partial charge in [0.2, 0.25) is 5.91 Å². The van der Waals surface area contributed by atoms with E-state index in [4.69, 9.17) is 14.2 Å². The maximum absolute atomic E-state index is 13.0. The summed E-state index contributed by atoms with van der Waals surface area (Å²) in [6.07, 6.45) is 50.1. The SMILES string of the molecule is CCCC/C=C\CCCCCCCC(=O)OCCCCC/C=C\C/C=C\CCCCCCCCCC(=O)NC(COC1OC(CO)C(O)C(O)C1O)C(O)/C=C/CC/C=C/CCCCCCCCC. The van der Waals surface area contributed by atoms with Gasteiger partial charge in [0.15, 0.2) is 6.29 Å². The molecule has 1 amide bonds. The number of hydrogen-bond acceptors (Lipinski definition) is 10. The average molecular weight is 974 g/mol. The molecule has 1 fully saturated rings. The number of aliphatic hydroxyl groups is 5. The number of hydrogen-bond donors (Lipinski definition) is 6. The highest BCUT2D eigenvalue weighted by Crippen LogP contribution is 2.23. The second-order valence-electron chi connectivity index (χ2n) is 19.3. The fourth-order valence-electron chi connectivity index (χ4n) is 8.28. The zero-order valence-electron chi connectivity index (χ0n) is 43.8. The molecule has 69 heavy (non-hydrogen) atoms. The topological polar surface area (TPSA) is 175 Å². The molecular weight excluding hydrogens is 871 g/mol. The minimum atomic E-state index is -1.58. The van der Waals surface area contributed by atoms with Gasteiger partial charge >= 0.3 is 5.97 Å². The first kappa shape index (κ1) is 64.4. The molecule has 1 aliphatic heterocycles. The van der Waals surface area contributed by atoms with E-state index in [1.165, 1.54) is 109 Å². The Morgan fingerprint density at radius 2 is 1.00 bits per heavy atom. The van der Waals surface area contributed by atoms with Gasteiger partial charge in [-0.1, -0.05) is 177 Å². The number of nitrogens with one attached hydrogen (secondary N) is 1. The number of carbonyl (C=O) groups is 2. The van der Waals surface area contributed by atoms with E-state index in [1.807, 2.05) is 6.08 Å². The Balaban J connectivity index is 2.19. The number of aliphatic hydroxyl groups excluding tert-OH is 5. The van der Waals surface area contributed by atoms with Crippen molar-refractivity contribution in [2.24, 2.45) is 0 Å². The van der Waals surface area contributed by atoms with Crippen molar-refractivity contribution < 1.29 is 49.3 Å². The third-order valence-electron chi connectivity index (χ3n) is 12.8. The molecule has 0 spiro atoms. The van der Waals surface area contributed by atoms with Crippen molar-refractivity contribution >= 4 is 11.9 Å². The van der Waals surface area contributed by atoms with Gasteiger partial charge in [0.1, 0.15) is 24.4 Å². The molecule has 0 saturated carbocycles. The second kappa shape index (κ2) is 47.7. The van der Waals surface area contributed by atoms with Crippen LogP contribution in [0, 0.1) is 0 Å². The van der Waals surface area contributed by atoms with E-state index < -0.39 is 49.5 Å². The summed E-state index contributed by atoms with van der Waals surface area (Å²) in [7, 11) is 0. The van der Waals surface area contributed by atoms with Gasteiger partial charge < -0.3 is 45.1 Å². The van der Waals surface area contributed by atoms with Crippen molar-refractivity contribution in [2.45, 2.75) is 275 Å². The van der Waals surface area contributed by atoms with Crippen molar-refractivity contribution in [1.29, 1.82) is 0 Å². The third kappa shape index (κ3) is 37.8. The van der Waals surface area contributed by atoms with Gasteiger partial charge in [-0.25, -0.2) is 0 Å². The fourth-order valence-corrected chi connectivity index (χ4v) is 8.28. The van der Waals surface area contributed by atoms with Gasteiger partial charge in [-0.15, -0.1) is 0 Å². The van der Waals surface area contributed by atoms with Gasteiger partial charge in [-0.05, 0) is 103 Å². The summed E-state index contributed by atoms with van der Waals surface area (Å²) in [5.41, 5.74) is 0. The Hall–Kier alpha value is -2.64. The summed E-state index contributed by atoms with van der Waals surface area (Å²) >= 11 is 0. The maximum Gasteiger partial charge on any atom is 0.305 e. The molecule has 0 aromatic rings. The first-order valence-electron chi connectivity index (χ1n) is 28.1. The van der Waals surface area contributed by atoms with E-state index in [1.54, 1.807) is 6.08 Å². The van der Waals surface area contributed by atoms with Crippen LogP contribution < -0.4 is 5.32 Å². The van der Waals surface area contributed by atoms with Crippen LogP contribution >= 0.6 is 0 Å². The first-order valence-corrected chi connectivity index (χ1v) is 28.1. The lowest BCUT2D eigenvalue weighted by Gasteiger charge is -2.40. The molecule has 0 aliphatic carbocycles. The van der Waals surface area contributed by atoms with E-state index in [0.717, 1.165) is 96.3 Å². The van der Waals surface area contributed by atoms with Crippen LogP contribution in [0.3, 0.4) is 0 Å². The molecule has 0 radical (unpaired) electrons. The van der Waals surface area contributed by atoms with Crippen LogP contribution in [-0.2, 0) is 23.8 Å². The molecule has 7 unspecified atom stereocenters.